The molecular weight excluding hydrogens is 276 g/mol. The molecule has 2 heterocycles. The Balaban J connectivity index is 2.20. The third-order valence-corrected chi connectivity index (χ3v) is 6.16. The summed E-state index contributed by atoms with van der Waals surface area (Å²) in [6.45, 7) is 14.1. The van der Waals surface area contributed by atoms with E-state index in [4.69, 9.17) is 0 Å². The molecule has 2 nitrogen and oxygen atoms in total. The van der Waals surface area contributed by atoms with Crippen LogP contribution < -0.4 is 5.32 Å². The topological polar surface area (TPSA) is 15.3 Å². The second-order valence-electron chi connectivity index (χ2n) is 6.85. The Morgan fingerprint density at radius 2 is 2.05 bits per heavy atom. The van der Waals surface area contributed by atoms with Gasteiger partial charge in [-0.2, -0.15) is 0 Å². The lowest BCUT2D eigenvalue weighted by Gasteiger charge is -2.47. The van der Waals surface area contributed by atoms with Gasteiger partial charge in [0.15, 0.2) is 0 Å². The number of hydrogen-bond donors (Lipinski definition) is 1. The van der Waals surface area contributed by atoms with E-state index in [1.165, 1.54) is 24.3 Å². The molecule has 2 rings (SSSR count). The van der Waals surface area contributed by atoms with E-state index in [-0.39, 0.29) is 0 Å². The van der Waals surface area contributed by atoms with Crippen LogP contribution in [0.1, 0.15) is 58.4 Å². The molecule has 3 heteroatoms. The van der Waals surface area contributed by atoms with Gasteiger partial charge in [0, 0.05) is 36.1 Å². The first-order chi connectivity index (χ1) is 10.1. The molecule has 0 saturated carbocycles. The molecule has 1 aliphatic heterocycles. The van der Waals surface area contributed by atoms with Crippen LogP contribution in [-0.4, -0.2) is 30.1 Å². The zero-order chi connectivity index (χ0) is 15.4. The summed E-state index contributed by atoms with van der Waals surface area (Å²) in [4.78, 5) is 4.33. The Kier molecular flexibility index (Phi) is 6.27. The van der Waals surface area contributed by atoms with Gasteiger partial charge in [-0.3, -0.25) is 4.90 Å². The van der Waals surface area contributed by atoms with E-state index in [1.54, 1.807) is 0 Å². The van der Waals surface area contributed by atoms with Crippen molar-refractivity contribution in [2.45, 2.75) is 65.6 Å². The van der Waals surface area contributed by atoms with Crippen LogP contribution in [0.25, 0.3) is 0 Å². The van der Waals surface area contributed by atoms with E-state index in [2.05, 4.69) is 62.3 Å². The molecule has 1 aromatic rings. The van der Waals surface area contributed by atoms with Gasteiger partial charge in [0.1, 0.15) is 0 Å². The van der Waals surface area contributed by atoms with Crippen molar-refractivity contribution in [3.8, 4) is 0 Å². The number of thiophene rings is 1. The van der Waals surface area contributed by atoms with Crippen LogP contribution in [0.5, 0.6) is 0 Å². The Morgan fingerprint density at radius 1 is 1.29 bits per heavy atom. The molecule has 21 heavy (non-hydrogen) atoms. The van der Waals surface area contributed by atoms with Gasteiger partial charge in [-0.25, -0.2) is 0 Å². The van der Waals surface area contributed by atoms with Gasteiger partial charge >= 0.3 is 0 Å². The predicted octanol–water partition coefficient (Wildman–Crippen LogP) is 4.54. The van der Waals surface area contributed by atoms with Crippen LogP contribution in [-0.2, 0) is 0 Å². The maximum Gasteiger partial charge on any atom is 0.0443 e. The minimum absolute atomic E-state index is 0.589. The van der Waals surface area contributed by atoms with E-state index < -0.39 is 0 Å². The Morgan fingerprint density at radius 3 is 2.57 bits per heavy atom. The maximum atomic E-state index is 3.82. The number of rotatable bonds is 6. The Labute approximate surface area is 134 Å². The number of nitrogens with one attached hydrogen (secondary N) is 1. The minimum Gasteiger partial charge on any atom is -0.311 e. The Bertz CT molecular complexity index is 401. The first kappa shape index (κ1) is 17.0. The highest BCUT2D eigenvalue weighted by Crippen LogP contribution is 2.33. The molecule has 0 spiro atoms. The van der Waals surface area contributed by atoms with Gasteiger partial charge in [-0.15, -0.1) is 11.3 Å². The van der Waals surface area contributed by atoms with Crippen LogP contribution >= 0.6 is 11.3 Å². The van der Waals surface area contributed by atoms with Gasteiger partial charge in [0.25, 0.3) is 0 Å². The smallest absolute Gasteiger partial charge is 0.0443 e. The average Bonchev–Trinajstić information content (AvgIpc) is 3.01. The number of nitrogens with zero attached hydrogens (tertiary/aromatic N) is 1. The highest BCUT2D eigenvalue weighted by molar-refractivity contribution is 7.10. The third kappa shape index (κ3) is 3.88. The summed E-state index contributed by atoms with van der Waals surface area (Å²) < 4.78 is 0. The fourth-order valence-electron chi connectivity index (χ4n) is 3.54. The number of hydrogen-bond acceptors (Lipinski definition) is 3. The van der Waals surface area contributed by atoms with Crippen molar-refractivity contribution in [1.82, 2.24) is 10.2 Å². The van der Waals surface area contributed by atoms with Crippen molar-refractivity contribution in [3.63, 3.8) is 0 Å². The van der Waals surface area contributed by atoms with E-state index in [0.717, 1.165) is 12.5 Å². The third-order valence-electron chi connectivity index (χ3n) is 5.18. The molecule has 4 unspecified atom stereocenters. The Hall–Kier alpha value is -0.380. The van der Waals surface area contributed by atoms with Crippen molar-refractivity contribution in [2.75, 3.05) is 13.1 Å². The van der Waals surface area contributed by atoms with Crippen molar-refractivity contribution < 1.29 is 0 Å². The summed E-state index contributed by atoms with van der Waals surface area (Å²) in [6, 6.07) is 6.39. The lowest BCUT2D eigenvalue weighted by Crippen LogP contribution is -2.60. The molecule has 1 aromatic heterocycles. The zero-order valence-electron chi connectivity index (χ0n) is 14.3. The molecule has 1 saturated heterocycles. The zero-order valence-corrected chi connectivity index (χ0v) is 15.1. The van der Waals surface area contributed by atoms with Gasteiger partial charge in [0.2, 0.25) is 0 Å². The molecule has 0 radical (unpaired) electrons. The van der Waals surface area contributed by atoms with Gasteiger partial charge in [0.05, 0.1) is 0 Å². The molecule has 120 valence electrons. The van der Waals surface area contributed by atoms with E-state index in [9.17, 15) is 0 Å². The quantitative estimate of drug-likeness (QED) is 0.830. The summed E-state index contributed by atoms with van der Waals surface area (Å²) in [6.07, 6.45) is 2.46. The van der Waals surface area contributed by atoms with Crippen molar-refractivity contribution in [1.29, 1.82) is 0 Å². The second kappa shape index (κ2) is 7.75. The van der Waals surface area contributed by atoms with E-state index in [1.807, 2.05) is 11.3 Å². The summed E-state index contributed by atoms with van der Waals surface area (Å²) in [7, 11) is 0. The largest absolute Gasteiger partial charge is 0.311 e. The van der Waals surface area contributed by atoms with Crippen LogP contribution in [0.2, 0.25) is 0 Å². The van der Waals surface area contributed by atoms with E-state index in [0.29, 0.717) is 24.0 Å². The van der Waals surface area contributed by atoms with Crippen LogP contribution in [0.3, 0.4) is 0 Å². The lowest BCUT2D eigenvalue weighted by atomic mass is 9.90. The molecule has 1 N–H and O–H groups in total. The second-order valence-corrected chi connectivity index (χ2v) is 7.83. The summed E-state index contributed by atoms with van der Waals surface area (Å²) in [5.41, 5.74) is 0. The highest BCUT2D eigenvalue weighted by atomic mass is 32.1. The average molecular weight is 309 g/mol. The molecule has 0 aromatic carbocycles. The highest BCUT2D eigenvalue weighted by Gasteiger charge is 2.35. The molecular formula is C18H32N2S. The summed E-state index contributed by atoms with van der Waals surface area (Å²) in [5, 5.41) is 6.04. The molecule has 0 amide bonds. The molecule has 0 bridgehead atoms. The van der Waals surface area contributed by atoms with Gasteiger partial charge in [-0.05, 0) is 29.7 Å². The van der Waals surface area contributed by atoms with Crippen LogP contribution in [0, 0.1) is 11.8 Å². The van der Waals surface area contributed by atoms with Gasteiger partial charge < -0.3 is 5.32 Å². The van der Waals surface area contributed by atoms with Crippen LogP contribution in [0.4, 0.5) is 0 Å². The monoisotopic (exact) mass is 308 g/mol. The fraction of sp³-hybridized carbons (Fsp3) is 0.778. The first-order valence-electron chi connectivity index (χ1n) is 8.60. The number of piperazine rings is 1. The normalized spacial score (nSPS) is 27.0. The standard InChI is InChI=1S/C18H32N2S/c1-6-14(5)15-12-20(17(11-19-15)13(3)4)16(7-2)18-9-8-10-21-18/h8-10,13-17,19H,6-7,11-12H2,1-5H3. The molecule has 1 aliphatic rings. The maximum absolute atomic E-state index is 3.82. The van der Waals surface area contributed by atoms with Crippen LogP contribution in [0.15, 0.2) is 17.5 Å². The predicted molar refractivity (Wildman–Crippen MR) is 93.9 cm³/mol. The van der Waals surface area contributed by atoms with Crippen molar-refractivity contribution in [3.05, 3.63) is 22.4 Å². The van der Waals surface area contributed by atoms with Crippen molar-refractivity contribution >= 4 is 11.3 Å². The van der Waals surface area contributed by atoms with Gasteiger partial charge in [-0.1, -0.05) is 47.1 Å². The lowest BCUT2D eigenvalue weighted by molar-refractivity contribution is 0.0419. The summed E-state index contributed by atoms with van der Waals surface area (Å²) in [5.74, 6) is 1.45. The van der Waals surface area contributed by atoms with E-state index >= 15 is 0 Å². The SMILES string of the molecule is CCC(C)C1CN(C(CC)c2cccs2)C(C(C)C)CN1. The first-order valence-corrected chi connectivity index (χ1v) is 9.48. The van der Waals surface area contributed by atoms with Crippen molar-refractivity contribution in [2.24, 2.45) is 11.8 Å². The minimum atomic E-state index is 0.589. The fourth-order valence-corrected chi connectivity index (χ4v) is 4.47. The molecule has 0 aliphatic carbocycles. The molecule has 1 fully saturated rings. The molecule has 4 atom stereocenters. The summed E-state index contributed by atoms with van der Waals surface area (Å²) >= 11 is 1.92.